The van der Waals surface area contributed by atoms with Gasteiger partial charge in [0.15, 0.2) is 0 Å². The maximum Gasteiger partial charge on any atom is 0.355 e. The van der Waals surface area contributed by atoms with Gasteiger partial charge in [0.05, 0.1) is 10.7 Å². The molecule has 0 spiro atoms. The highest BCUT2D eigenvalue weighted by Gasteiger charge is 2.26. The maximum absolute atomic E-state index is 12.5. The first-order chi connectivity index (χ1) is 11.3. The molecule has 1 saturated carbocycles. The molecule has 23 heavy (non-hydrogen) atoms. The van der Waals surface area contributed by atoms with E-state index in [-0.39, 0.29) is 12.6 Å². The molecule has 0 N–H and O–H groups in total. The Morgan fingerprint density at radius 2 is 2.22 bits per heavy atom. The van der Waals surface area contributed by atoms with Gasteiger partial charge in [-0.25, -0.2) is 9.78 Å². The van der Waals surface area contributed by atoms with Crippen molar-refractivity contribution in [2.75, 3.05) is 0 Å². The van der Waals surface area contributed by atoms with Gasteiger partial charge in [-0.15, -0.1) is 11.3 Å². The first-order valence-corrected chi connectivity index (χ1v) is 8.84. The molecule has 0 aliphatic heterocycles. The predicted octanol–water partition coefficient (Wildman–Crippen LogP) is 4.35. The second-order valence-corrected chi connectivity index (χ2v) is 6.75. The highest BCUT2D eigenvalue weighted by atomic mass is 32.1. The Bertz CT molecular complexity index is 861. The van der Waals surface area contributed by atoms with Crippen molar-refractivity contribution in [2.45, 2.75) is 38.8 Å². The Morgan fingerprint density at radius 1 is 1.39 bits per heavy atom. The van der Waals surface area contributed by atoms with Crippen molar-refractivity contribution in [3.05, 3.63) is 52.1 Å². The third-order valence-corrected chi connectivity index (χ3v) is 5.24. The van der Waals surface area contributed by atoms with Gasteiger partial charge < -0.3 is 9.30 Å². The Labute approximate surface area is 138 Å². The van der Waals surface area contributed by atoms with Gasteiger partial charge in [0.25, 0.3) is 0 Å². The van der Waals surface area contributed by atoms with Crippen LogP contribution in [0.1, 0.15) is 46.9 Å². The summed E-state index contributed by atoms with van der Waals surface area (Å²) in [4.78, 5) is 17.0. The Balaban J connectivity index is 1.51. The number of ether oxygens (including phenoxy) is 1. The molecular weight excluding hydrogens is 308 g/mol. The number of carbonyl (C=O) groups excluding carboxylic acids is 1. The summed E-state index contributed by atoms with van der Waals surface area (Å²) in [6, 6.07) is 9.90. The minimum Gasteiger partial charge on any atom is -0.454 e. The number of hydrogen-bond acceptors (Lipinski definition) is 4. The number of esters is 1. The van der Waals surface area contributed by atoms with Gasteiger partial charge >= 0.3 is 5.97 Å². The molecule has 0 unspecified atom stereocenters. The Kier molecular flexibility index (Phi) is 3.65. The van der Waals surface area contributed by atoms with Crippen LogP contribution in [0.4, 0.5) is 0 Å². The van der Waals surface area contributed by atoms with Crippen LogP contribution in [0.15, 0.2) is 35.7 Å². The Hall–Kier alpha value is -2.14. The number of aryl methyl sites for hydroxylation is 1. The monoisotopic (exact) mass is 326 g/mol. The summed E-state index contributed by atoms with van der Waals surface area (Å²) in [5.41, 5.74) is 2.52. The van der Waals surface area contributed by atoms with E-state index < -0.39 is 0 Å². The lowest BCUT2D eigenvalue weighted by molar-refractivity contribution is 0.0456. The molecule has 4 nitrogen and oxygen atoms in total. The van der Waals surface area contributed by atoms with Crippen LogP contribution in [0.5, 0.6) is 0 Å². The standard InChI is InChI=1S/C18H18N2O2S/c1-2-20-15-6-4-3-5-13(15)9-16(20)18(21)22-10-14-11-23-17(19-14)12-7-8-12/h3-6,9,11-12H,2,7-8,10H2,1H3. The van der Waals surface area contributed by atoms with Gasteiger partial charge in [-0.3, -0.25) is 0 Å². The number of nitrogens with zero attached hydrogens (tertiary/aromatic N) is 2. The van der Waals surface area contributed by atoms with Crippen LogP contribution >= 0.6 is 11.3 Å². The normalized spacial score (nSPS) is 14.3. The lowest BCUT2D eigenvalue weighted by Crippen LogP contribution is -2.11. The first kappa shape index (κ1) is 14.5. The second kappa shape index (κ2) is 5.81. The molecular formula is C18H18N2O2S. The fourth-order valence-corrected chi connectivity index (χ4v) is 3.82. The van der Waals surface area contributed by atoms with Gasteiger partial charge in [0.1, 0.15) is 12.3 Å². The molecule has 1 aliphatic carbocycles. The van der Waals surface area contributed by atoms with E-state index in [1.165, 1.54) is 17.8 Å². The summed E-state index contributed by atoms with van der Waals surface area (Å²) in [5.74, 6) is 0.357. The molecule has 0 radical (unpaired) electrons. The summed E-state index contributed by atoms with van der Waals surface area (Å²) in [7, 11) is 0. The van der Waals surface area contributed by atoms with Crippen molar-refractivity contribution >= 4 is 28.2 Å². The van der Waals surface area contributed by atoms with Crippen molar-refractivity contribution in [3.8, 4) is 0 Å². The van der Waals surface area contributed by atoms with Gasteiger partial charge in [0.2, 0.25) is 0 Å². The molecule has 1 fully saturated rings. The molecule has 1 aromatic carbocycles. The van der Waals surface area contributed by atoms with E-state index in [0.29, 0.717) is 11.6 Å². The van der Waals surface area contributed by atoms with Gasteiger partial charge in [-0.2, -0.15) is 0 Å². The van der Waals surface area contributed by atoms with Crippen molar-refractivity contribution in [3.63, 3.8) is 0 Å². The summed E-state index contributed by atoms with van der Waals surface area (Å²) in [6.07, 6.45) is 2.48. The minimum atomic E-state index is -0.288. The number of carbonyl (C=O) groups is 1. The van der Waals surface area contributed by atoms with Crippen molar-refractivity contribution in [1.82, 2.24) is 9.55 Å². The van der Waals surface area contributed by atoms with E-state index >= 15 is 0 Å². The number of benzene rings is 1. The largest absolute Gasteiger partial charge is 0.454 e. The highest BCUT2D eigenvalue weighted by Crippen LogP contribution is 2.41. The number of hydrogen-bond donors (Lipinski definition) is 0. The second-order valence-electron chi connectivity index (χ2n) is 5.86. The van der Waals surface area contributed by atoms with Crippen LogP contribution in [0.3, 0.4) is 0 Å². The fourth-order valence-electron chi connectivity index (χ4n) is 2.84. The molecule has 5 heteroatoms. The molecule has 2 heterocycles. The van der Waals surface area contributed by atoms with Gasteiger partial charge in [-0.05, 0) is 31.9 Å². The molecule has 0 saturated heterocycles. The number of thiazole rings is 1. The third kappa shape index (κ3) is 2.77. The zero-order chi connectivity index (χ0) is 15.8. The Morgan fingerprint density at radius 3 is 3.00 bits per heavy atom. The third-order valence-electron chi connectivity index (χ3n) is 4.18. The van der Waals surface area contributed by atoms with Crippen LogP contribution in [0.25, 0.3) is 10.9 Å². The zero-order valence-corrected chi connectivity index (χ0v) is 13.8. The molecule has 3 aromatic rings. The van der Waals surface area contributed by atoms with Crippen LogP contribution in [0, 0.1) is 0 Å². The van der Waals surface area contributed by atoms with E-state index in [2.05, 4.69) is 4.98 Å². The van der Waals surface area contributed by atoms with Gasteiger partial charge in [0, 0.05) is 28.7 Å². The van der Waals surface area contributed by atoms with Gasteiger partial charge in [-0.1, -0.05) is 18.2 Å². The summed E-state index contributed by atoms with van der Waals surface area (Å²) in [5, 5.41) is 4.24. The predicted molar refractivity (Wildman–Crippen MR) is 90.8 cm³/mol. The minimum absolute atomic E-state index is 0.243. The summed E-state index contributed by atoms with van der Waals surface area (Å²) < 4.78 is 7.48. The highest BCUT2D eigenvalue weighted by molar-refractivity contribution is 7.09. The smallest absolute Gasteiger partial charge is 0.355 e. The quantitative estimate of drug-likeness (QED) is 0.655. The fraction of sp³-hybridized carbons (Fsp3) is 0.333. The van der Waals surface area contributed by atoms with E-state index in [9.17, 15) is 4.79 Å². The van der Waals surface area contributed by atoms with Crippen molar-refractivity contribution in [1.29, 1.82) is 0 Å². The van der Waals surface area contributed by atoms with E-state index in [1.54, 1.807) is 11.3 Å². The molecule has 0 atom stereocenters. The number of para-hydroxylation sites is 1. The van der Waals surface area contributed by atoms with Crippen LogP contribution in [0.2, 0.25) is 0 Å². The zero-order valence-electron chi connectivity index (χ0n) is 13.0. The number of rotatable bonds is 5. The average molecular weight is 326 g/mol. The summed E-state index contributed by atoms with van der Waals surface area (Å²) >= 11 is 1.67. The molecule has 4 rings (SSSR count). The lowest BCUT2D eigenvalue weighted by Gasteiger charge is -2.07. The first-order valence-electron chi connectivity index (χ1n) is 7.96. The average Bonchev–Trinajstić information content (AvgIpc) is 3.20. The van der Waals surface area contributed by atoms with Crippen LogP contribution < -0.4 is 0 Å². The topological polar surface area (TPSA) is 44.1 Å². The molecule has 1 aliphatic rings. The van der Waals surface area contributed by atoms with E-state index in [1.807, 2.05) is 47.2 Å². The van der Waals surface area contributed by atoms with E-state index in [0.717, 1.165) is 23.1 Å². The SMILES string of the molecule is CCn1c(C(=O)OCc2csc(C3CC3)n2)cc2ccccc21. The van der Waals surface area contributed by atoms with Crippen LogP contribution in [-0.4, -0.2) is 15.5 Å². The lowest BCUT2D eigenvalue weighted by atomic mass is 10.2. The molecule has 0 amide bonds. The summed E-state index contributed by atoms with van der Waals surface area (Å²) in [6.45, 7) is 3.01. The van der Waals surface area contributed by atoms with Crippen molar-refractivity contribution in [2.24, 2.45) is 0 Å². The molecule has 2 aromatic heterocycles. The number of fused-ring (bicyclic) bond motifs is 1. The molecule has 0 bridgehead atoms. The van der Waals surface area contributed by atoms with Crippen LogP contribution in [-0.2, 0) is 17.9 Å². The molecule has 118 valence electrons. The van der Waals surface area contributed by atoms with E-state index in [4.69, 9.17) is 4.74 Å². The van der Waals surface area contributed by atoms with Crippen molar-refractivity contribution < 1.29 is 9.53 Å². The maximum atomic E-state index is 12.5. The number of aromatic nitrogens is 2.